The number of pyridine rings is 1. The van der Waals surface area contributed by atoms with Crippen molar-refractivity contribution >= 4 is 0 Å². The van der Waals surface area contributed by atoms with Crippen LogP contribution in [0.25, 0.3) is 11.4 Å². The van der Waals surface area contributed by atoms with E-state index in [0.29, 0.717) is 22.9 Å². The van der Waals surface area contributed by atoms with Crippen molar-refractivity contribution in [3.8, 4) is 17.5 Å². The van der Waals surface area contributed by atoms with E-state index in [-0.39, 0.29) is 17.7 Å². The van der Waals surface area contributed by atoms with Gasteiger partial charge in [0.15, 0.2) is 0 Å². The fourth-order valence-electron chi connectivity index (χ4n) is 4.62. The number of aromatic nitrogens is 3. The molecule has 0 amide bonds. The van der Waals surface area contributed by atoms with Gasteiger partial charge >= 0.3 is 0 Å². The van der Waals surface area contributed by atoms with Crippen molar-refractivity contribution in [1.29, 1.82) is 5.26 Å². The standard InChI is InChI=1S/C24H27N5O2/c1-16(2)17-5-7-19(8-6-17)24(30,23(3)14-29(4)15-23)20-11-18(12-26-13-20)22-27-21(9-10-25)31-28-22/h5-8,11-13,16,30H,9,14-15H2,1-4H3/t24-/m0/s1. The minimum Gasteiger partial charge on any atom is -0.380 e. The van der Waals surface area contributed by atoms with E-state index in [2.05, 4.69) is 60.0 Å². The quantitative estimate of drug-likeness (QED) is 0.655. The second kappa shape index (κ2) is 7.88. The predicted molar refractivity (Wildman–Crippen MR) is 116 cm³/mol. The Kier molecular flexibility index (Phi) is 5.38. The van der Waals surface area contributed by atoms with E-state index in [1.54, 1.807) is 12.4 Å². The van der Waals surface area contributed by atoms with Gasteiger partial charge in [0.25, 0.3) is 0 Å². The Balaban J connectivity index is 1.80. The number of nitriles is 1. The number of aliphatic hydroxyl groups is 1. The van der Waals surface area contributed by atoms with Gasteiger partial charge in [-0.05, 0) is 30.2 Å². The molecule has 7 nitrogen and oxygen atoms in total. The molecule has 1 atom stereocenters. The Morgan fingerprint density at radius 1 is 1.23 bits per heavy atom. The lowest BCUT2D eigenvalue weighted by Gasteiger charge is -2.55. The predicted octanol–water partition coefficient (Wildman–Crippen LogP) is 3.51. The summed E-state index contributed by atoms with van der Waals surface area (Å²) in [5, 5.41) is 25.1. The average Bonchev–Trinajstić information content (AvgIpc) is 3.21. The lowest BCUT2D eigenvalue weighted by molar-refractivity contribution is -0.127. The van der Waals surface area contributed by atoms with Crippen molar-refractivity contribution in [2.75, 3.05) is 20.1 Å². The molecule has 1 fully saturated rings. The first-order chi connectivity index (χ1) is 14.8. The van der Waals surface area contributed by atoms with Crippen molar-refractivity contribution in [2.45, 2.75) is 38.7 Å². The summed E-state index contributed by atoms with van der Waals surface area (Å²) in [6.07, 6.45) is 3.40. The van der Waals surface area contributed by atoms with E-state index >= 15 is 0 Å². The van der Waals surface area contributed by atoms with Gasteiger partial charge in [0.1, 0.15) is 12.0 Å². The Hall–Kier alpha value is -3.08. The van der Waals surface area contributed by atoms with E-state index in [1.807, 2.05) is 24.3 Å². The molecule has 1 N–H and O–H groups in total. The zero-order chi connectivity index (χ0) is 22.2. The third kappa shape index (κ3) is 3.62. The highest BCUT2D eigenvalue weighted by Gasteiger charge is 2.55. The highest BCUT2D eigenvalue weighted by atomic mass is 16.5. The first-order valence-electron chi connectivity index (χ1n) is 10.4. The van der Waals surface area contributed by atoms with Crippen molar-refractivity contribution in [3.05, 3.63) is 65.3 Å². The summed E-state index contributed by atoms with van der Waals surface area (Å²) >= 11 is 0. The summed E-state index contributed by atoms with van der Waals surface area (Å²) in [6, 6.07) is 12.1. The van der Waals surface area contributed by atoms with E-state index < -0.39 is 5.60 Å². The van der Waals surface area contributed by atoms with Crippen LogP contribution in [0.4, 0.5) is 0 Å². The Bertz CT molecular complexity index is 1110. The lowest BCUT2D eigenvalue weighted by Crippen LogP contribution is -2.63. The SMILES string of the molecule is CC(C)c1ccc([C@](O)(c2cncc(-c3noc(CC#N)n3)c2)C2(C)CN(C)C2)cc1. The topological polar surface area (TPSA) is 99.1 Å². The van der Waals surface area contributed by atoms with Gasteiger partial charge in [-0.25, -0.2) is 0 Å². The van der Waals surface area contributed by atoms with Crippen LogP contribution in [0.15, 0.2) is 47.2 Å². The number of hydrogen-bond donors (Lipinski definition) is 1. The highest BCUT2D eigenvalue weighted by molar-refractivity contribution is 5.56. The van der Waals surface area contributed by atoms with Gasteiger partial charge in [-0.3, -0.25) is 4.98 Å². The van der Waals surface area contributed by atoms with Gasteiger partial charge in [-0.15, -0.1) is 0 Å². The van der Waals surface area contributed by atoms with Crippen LogP contribution in [0.2, 0.25) is 0 Å². The molecule has 160 valence electrons. The van der Waals surface area contributed by atoms with E-state index in [1.165, 1.54) is 5.56 Å². The molecule has 1 aliphatic heterocycles. The van der Waals surface area contributed by atoms with Crippen LogP contribution in [-0.4, -0.2) is 45.3 Å². The highest BCUT2D eigenvalue weighted by Crippen LogP contribution is 2.50. The Morgan fingerprint density at radius 3 is 2.55 bits per heavy atom. The molecule has 4 rings (SSSR count). The number of rotatable bonds is 6. The molecule has 0 aliphatic carbocycles. The first-order valence-corrected chi connectivity index (χ1v) is 10.4. The van der Waals surface area contributed by atoms with Crippen molar-refractivity contribution in [3.63, 3.8) is 0 Å². The van der Waals surface area contributed by atoms with Crippen molar-refractivity contribution < 1.29 is 9.63 Å². The molecule has 0 bridgehead atoms. The van der Waals surface area contributed by atoms with Crippen molar-refractivity contribution in [2.24, 2.45) is 5.41 Å². The fraction of sp³-hybridized carbons (Fsp3) is 0.417. The summed E-state index contributed by atoms with van der Waals surface area (Å²) in [7, 11) is 2.05. The van der Waals surface area contributed by atoms with Crippen LogP contribution < -0.4 is 0 Å². The number of nitrogens with zero attached hydrogens (tertiary/aromatic N) is 5. The Labute approximate surface area is 182 Å². The summed E-state index contributed by atoms with van der Waals surface area (Å²) < 4.78 is 5.14. The van der Waals surface area contributed by atoms with E-state index in [4.69, 9.17) is 9.78 Å². The molecular weight excluding hydrogens is 390 g/mol. The van der Waals surface area contributed by atoms with Crippen LogP contribution in [0.5, 0.6) is 0 Å². The molecule has 0 spiro atoms. The van der Waals surface area contributed by atoms with E-state index in [9.17, 15) is 5.11 Å². The smallest absolute Gasteiger partial charge is 0.241 e. The molecule has 3 heterocycles. The minimum absolute atomic E-state index is 0.0522. The normalized spacial score (nSPS) is 17.7. The molecule has 3 aromatic rings. The zero-order valence-electron chi connectivity index (χ0n) is 18.3. The van der Waals surface area contributed by atoms with Crippen LogP contribution in [-0.2, 0) is 12.0 Å². The Morgan fingerprint density at radius 2 is 1.94 bits per heavy atom. The van der Waals surface area contributed by atoms with Gasteiger partial charge in [-0.1, -0.05) is 50.2 Å². The summed E-state index contributed by atoms with van der Waals surface area (Å²) in [4.78, 5) is 10.9. The lowest BCUT2D eigenvalue weighted by atomic mass is 9.62. The molecule has 2 aromatic heterocycles. The van der Waals surface area contributed by atoms with Crippen molar-refractivity contribution in [1.82, 2.24) is 20.0 Å². The van der Waals surface area contributed by atoms with Gasteiger partial charge in [0.05, 0.1) is 6.07 Å². The summed E-state index contributed by atoms with van der Waals surface area (Å²) in [5.41, 5.74) is 1.76. The number of hydrogen-bond acceptors (Lipinski definition) is 7. The second-order valence-electron chi connectivity index (χ2n) is 9.03. The summed E-state index contributed by atoms with van der Waals surface area (Å²) in [5.74, 6) is 1.03. The molecule has 7 heteroatoms. The largest absolute Gasteiger partial charge is 0.380 e. The summed E-state index contributed by atoms with van der Waals surface area (Å²) in [6.45, 7) is 7.93. The van der Waals surface area contributed by atoms with Crippen LogP contribution in [0, 0.1) is 16.7 Å². The van der Waals surface area contributed by atoms with Crippen LogP contribution in [0.3, 0.4) is 0 Å². The van der Waals surface area contributed by atoms with Crippen LogP contribution in [0.1, 0.15) is 49.3 Å². The third-order valence-electron chi connectivity index (χ3n) is 6.22. The molecule has 1 saturated heterocycles. The number of benzene rings is 1. The maximum atomic E-state index is 12.3. The van der Waals surface area contributed by atoms with Crippen LogP contribution >= 0.6 is 0 Å². The van der Waals surface area contributed by atoms with Gasteiger partial charge in [-0.2, -0.15) is 10.2 Å². The second-order valence-corrected chi connectivity index (χ2v) is 9.03. The van der Waals surface area contributed by atoms with Gasteiger partial charge in [0, 0.05) is 42.0 Å². The molecule has 0 unspecified atom stereocenters. The minimum atomic E-state index is -1.24. The molecule has 31 heavy (non-hydrogen) atoms. The fourth-order valence-corrected chi connectivity index (χ4v) is 4.62. The number of likely N-dealkylation sites (tertiary alicyclic amines) is 1. The maximum Gasteiger partial charge on any atom is 0.241 e. The molecule has 1 aliphatic rings. The molecule has 1 aromatic carbocycles. The monoisotopic (exact) mass is 417 g/mol. The first kappa shape index (κ1) is 21.2. The zero-order valence-corrected chi connectivity index (χ0v) is 18.3. The average molecular weight is 418 g/mol. The third-order valence-corrected chi connectivity index (χ3v) is 6.22. The maximum absolute atomic E-state index is 12.3. The van der Waals surface area contributed by atoms with Gasteiger partial charge < -0.3 is 14.5 Å². The molecule has 0 saturated carbocycles. The van der Waals surface area contributed by atoms with E-state index in [0.717, 1.165) is 18.7 Å². The molecular formula is C24H27N5O2. The molecule has 0 radical (unpaired) electrons. The van der Waals surface area contributed by atoms with Gasteiger partial charge in [0.2, 0.25) is 11.7 Å².